The number of amides is 1. The first-order valence-corrected chi connectivity index (χ1v) is 7.04. The molecule has 0 radical (unpaired) electrons. The molecule has 0 aliphatic carbocycles. The summed E-state index contributed by atoms with van der Waals surface area (Å²) in [7, 11) is 0. The number of nitrogens with zero attached hydrogens (tertiary/aromatic N) is 1. The molecular formula is C14H25NO3. The van der Waals surface area contributed by atoms with Crippen LogP contribution in [0.4, 0.5) is 0 Å². The maximum Gasteiger partial charge on any atom is 0.281 e. The molecule has 0 saturated carbocycles. The fraction of sp³-hybridized carbons (Fsp3) is 0.786. The fourth-order valence-electron chi connectivity index (χ4n) is 1.93. The molecule has 0 aromatic carbocycles. The van der Waals surface area contributed by atoms with Gasteiger partial charge in [0.15, 0.2) is 0 Å². The van der Waals surface area contributed by atoms with Crippen LogP contribution in [0.25, 0.3) is 0 Å². The van der Waals surface area contributed by atoms with E-state index in [1.807, 2.05) is 6.08 Å². The van der Waals surface area contributed by atoms with Crippen molar-refractivity contribution in [3.05, 3.63) is 11.8 Å². The standard InChI is InChI=1S/C14H25NO3/c1-3-4-5-6-7-8-9-10-14-11-12-17-15(18-14)13(2)16/h11H,3-10,12H2,1-2H3. The highest BCUT2D eigenvalue weighted by atomic mass is 17.0. The molecule has 4 heteroatoms. The van der Waals surface area contributed by atoms with Crippen molar-refractivity contribution in [2.75, 3.05) is 6.61 Å². The number of hydrogen-bond donors (Lipinski definition) is 0. The number of carbonyl (C=O) groups excluding carboxylic acids is 1. The van der Waals surface area contributed by atoms with Gasteiger partial charge in [-0.3, -0.25) is 4.79 Å². The molecule has 0 bridgehead atoms. The van der Waals surface area contributed by atoms with Crippen LogP contribution in [-0.4, -0.2) is 17.7 Å². The fourth-order valence-corrected chi connectivity index (χ4v) is 1.93. The molecule has 0 saturated heterocycles. The Labute approximate surface area is 110 Å². The summed E-state index contributed by atoms with van der Waals surface area (Å²) >= 11 is 0. The van der Waals surface area contributed by atoms with Gasteiger partial charge in [-0.05, 0) is 17.7 Å². The van der Waals surface area contributed by atoms with Gasteiger partial charge in [-0.2, -0.15) is 0 Å². The van der Waals surface area contributed by atoms with Gasteiger partial charge in [-0.1, -0.05) is 45.4 Å². The maximum atomic E-state index is 11.1. The van der Waals surface area contributed by atoms with E-state index in [9.17, 15) is 4.79 Å². The Morgan fingerprint density at radius 1 is 1.22 bits per heavy atom. The Morgan fingerprint density at radius 2 is 1.89 bits per heavy atom. The molecular weight excluding hydrogens is 230 g/mol. The van der Waals surface area contributed by atoms with E-state index in [4.69, 9.17) is 9.68 Å². The van der Waals surface area contributed by atoms with Gasteiger partial charge in [0.25, 0.3) is 5.91 Å². The van der Waals surface area contributed by atoms with Gasteiger partial charge in [0.05, 0.1) is 0 Å². The van der Waals surface area contributed by atoms with Crippen LogP contribution in [0, 0.1) is 0 Å². The van der Waals surface area contributed by atoms with Crippen molar-refractivity contribution in [3.8, 4) is 0 Å². The topological polar surface area (TPSA) is 38.8 Å². The Hall–Kier alpha value is -1.03. The van der Waals surface area contributed by atoms with Crippen LogP contribution in [0.5, 0.6) is 0 Å². The first kappa shape index (κ1) is 15.0. The van der Waals surface area contributed by atoms with E-state index in [0.29, 0.717) is 6.61 Å². The molecule has 1 rings (SSSR count). The summed E-state index contributed by atoms with van der Waals surface area (Å²) in [5, 5.41) is 0.969. The van der Waals surface area contributed by atoms with Gasteiger partial charge < -0.3 is 4.84 Å². The molecule has 104 valence electrons. The van der Waals surface area contributed by atoms with Gasteiger partial charge >= 0.3 is 0 Å². The van der Waals surface area contributed by atoms with Crippen LogP contribution in [-0.2, 0) is 14.5 Å². The van der Waals surface area contributed by atoms with Gasteiger partial charge in [0.1, 0.15) is 12.4 Å². The van der Waals surface area contributed by atoms with E-state index < -0.39 is 0 Å². The second-order valence-electron chi connectivity index (χ2n) is 4.70. The van der Waals surface area contributed by atoms with Crippen molar-refractivity contribution in [1.29, 1.82) is 0 Å². The average Bonchev–Trinajstić information content (AvgIpc) is 2.38. The Morgan fingerprint density at radius 3 is 2.56 bits per heavy atom. The first-order chi connectivity index (χ1) is 8.74. The highest BCUT2D eigenvalue weighted by Gasteiger charge is 2.17. The minimum absolute atomic E-state index is 0.222. The summed E-state index contributed by atoms with van der Waals surface area (Å²) in [5.74, 6) is 0.630. The van der Waals surface area contributed by atoms with Crippen molar-refractivity contribution in [2.45, 2.75) is 65.2 Å². The lowest BCUT2D eigenvalue weighted by Gasteiger charge is -2.24. The Balaban J connectivity index is 2.05. The quantitative estimate of drug-likeness (QED) is 0.620. The highest BCUT2D eigenvalue weighted by molar-refractivity contribution is 5.71. The largest absolute Gasteiger partial charge is 0.356 e. The lowest BCUT2D eigenvalue weighted by atomic mass is 10.1. The molecule has 4 nitrogen and oxygen atoms in total. The van der Waals surface area contributed by atoms with Crippen LogP contribution in [0.1, 0.15) is 65.2 Å². The summed E-state index contributed by atoms with van der Waals surface area (Å²) in [6, 6.07) is 0. The van der Waals surface area contributed by atoms with E-state index in [0.717, 1.165) is 23.8 Å². The number of rotatable bonds is 8. The monoisotopic (exact) mass is 255 g/mol. The van der Waals surface area contributed by atoms with E-state index in [1.54, 1.807) is 0 Å². The third kappa shape index (κ3) is 6.05. The smallest absolute Gasteiger partial charge is 0.281 e. The predicted molar refractivity (Wildman–Crippen MR) is 70.3 cm³/mol. The molecule has 1 aliphatic rings. The molecule has 0 aromatic rings. The Kier molecular flexibility index (Phi) is 7.49. The second-order valence-corrected chi connectivity index (χ2v) is 4.70. The van der Waals surface area contributed by atoms with Gasteiger partial charge in [-0.25, -0.2) is 4.84 Å². The lowest BCUT2D eigenvalue weighted by Crippen LogP contribution is -2.32. The SMILES string of the molecule is CCCCCCCCCC1=CCON(C(C)=O)O1. The minimum Gasteiger partial charge on any atom is -0.356 e. The van der Waals surface area contributed by atoms with Crippen molar-refractivity contribution in [2.24, 2.45) is 0 Å². The van der Waals surface area contributed by atoms with Crippen LogP contribution in [0.3, 0.4) is 0 Å². The molecule has 0 unspecified atom stereocenters. The van der Waals surface area contributed by atoms with Gasteiger partial charge in [0.2, 0.25) is 0 Å². The summed E-state index contributed by atoms with van der Waals surface area (Å²) in [6.07, 6.45) is 11.7. The summed E-state index contributed by atoms with van der Waals surface area (Å²) in [4.78, 5) is 21.4. The van der Waals surface area contributed by atoms with Gasteiger partial charge in [-0.15, -0.1) is 0 Å². The van der Waals surface area contributed by atoms with Crippen molar-refractivity contribution < 1.29 is 14.5 Å². The number of hydrogen-bond acceptors (Lipinski definition) is 3. The molecule has 0 aromatic heterocycles. The Bertz CT molecular complexity index is 276. The van der Waals surface area contributed by atoms with E-state index in [-0.39, 0.29) is 5.91 Å². The van der Waals surface area contributed by atoms with Crippen LogP contribution < -0.4 is 0 Å². The second kappa shape index (κ2) is 8.97. The molecule has 1 aliphatic heterocycles. The number of allylic oxidation sites excluding steroid dienone is 1. The number of unbranched alkanes of at least 4 members (excludes halogenated alkanes) is 6. The third-order valence-corrected chi connectivity index (χ3v) is 2.99. The maximum absolute atomic E-state index is 11.1. The van der Waals surface area contributed by atoms with Crippen molar-refractivity contribution >= 4 is 5.91 Å². The zero-order chi connectivity index (χ0) is 13.2. The molecule has 18 heavy (non-hydrogen) atoms. The third-order valence-electron chi connectivity index (χ3n) is 2.99. The molecule has 0 atom stereocenters. The van der Waals surface area contributed by atoms with E-state index in [2.05, 4.69) is 6.92 Å². The summed E-state index contributed by atoms with van der Waals surface area (Å²) < 4.78 is 0. The zero-order valence-corrected chi connectivity index (χ0v) is 11.6. The minimum atomic E-state index is -0.222. The normalized spacial score (nSPS) is 15.2. The number of carbonyl (C=O) groups is 1. The van der Waals surface area contributed by atoms with Crippen molar-refractivity contribution in [1.82, 2.24) is 5.23 Å². The predicted octanol–water partition coefficient (Wildman–Crippen LogP) is 3.74. The van der Waals surface area contributed by atoms with E-state index >= 15 is 0 Å². The highest BCUT2D eigenvalue weighted by Crippen LogP contribution is 2.17. The van der Waals surface area contributed by atoms with Crippen molar-refractivity contribution in [3.63, 3.8) is 0 Å². The van der Waals surface area contributed by atoms with Crippen LogP contribution in [0.15, 0.2) is 11.8 Å². The first-order valence-electron chi connectivity index (χ1n) is 7.04. The molecule has 0 N–H and O–H groups in total. The van der Waals surface area contributed by atoms with E-state index in [1.165, 1.54) is 45.4 Å². The summed E-state index contributed by atoms with van der Waals surface area (Å²) in [6.45, 7) is 4.08. The van der Waals surface area contributed by atoms with Crippen LogP contribution in [0.2, 0.25) is 0 Å². The molecule has 0 fully saturated rings. The zero-order valence-electron chi connectivity index (χ0n) is 11.6. The molecule has 0 spiro atoms. The lowest BCUT2D eigenvalue weighted by molar-refractivity contribution is -0.329. The van der Waals surface area contributed by atoms with Gasteiger partial charge in [0, 0.05) is 13.3 Å². The number of hydroxylamine groups is 2. The molecule has 1 heterocycles. The summed E-state index contributed by atoms with van der Waals surface area (Å²) in [5.41, 5.74) is 0. The molecule has 1 amide bonds. The average molecular weight is 255 g/mol. The van der Waals surface area contributed by atoms with Crippen LogP contribution >= 0.6 is 0 Å².